The van der Waals surface area contributed by atoms with Crippen molar-refractivity contribution in [1.29, 1.82) is 0 Å². The van der Waals surface area contributed by atoms with Crippen LogP contribution >= 0.6 is 0 Å². The number of nitrogens with one attached hydrogen (secondary N) is 2. The highest BCUT2D eigenvalue weighted by Crippen LogP contribution is 2.15. The molecule has 0 fully saturated rings. The van der Waals surface area contributed by atoms with Gasteiger partial charge < -0.3 is 10.1 Å². The van der Waals surface area contributed by atoms with Gasteiger partial charge in [-0.1, -0.05) is 12.1 Å². The zero-order valence-electron chi connectivity index (χ0n) is 11.8. The monoisotopic (exact) mass is 286 g/mol. The molecule has 6 heteroatoms. The molecule has 1 aromatic carbocycles. The highest BCUT2D eigenvalue weighted by molar-refractivity contribution is 7.89. The molecule has 0 saturated heterocycles. The number of ether oxygens (including phenoxy) is 1. The molecule has 0 amide bonds. The maximum Gasteiger partial charge on any atom is 0.240 e. The molecule has 0 radical (unpaired) electrons. The fraction of sp³-hybridized carbons (Fsp3) is 0.538. The maximum absolute atomic E-state index is 12.0. The largest absolute Gasteiger partial charge is 0.380 e. The molecule has 19 heavy (non-hydrogen) atoms. The highest BCUT2D eigenvalue weighted by Gasteiger charge is 2.15. The first kappa shape index (κ1) is 16.1. The van der Waals surface area contributed by atoms with Crippen molar-refractivity contribution in [2.24, 2.45) is 0 Å². The topological polar surface area (TPSA) is 67.4 Å². The van der Waals surface area contributed by atoms with Crippen LogP contribution in [0.4, 0.5) is 0 Å². The molecular weight excluding hydrogens is 264 g/mol. The molecule has 0 heterocycles. The first-order valence-corrected chi connectivity index (χ1v) is 7.68. The summed E-state index contributed by atoms with van der Waals surface area (Å²) in [4.78, 5) is 0.267. The van der Waals surface area contributed by atoms with E-state index in [1.165, 1.54) is 0 Å². The van der Waals surface area contributed by atoms with E-state index >= 15 is 0 Å². The van der Waals surface area contributed by atoms with Crippen LogP contribution in [0.3, 0.4) is 0 Å². The fourth-order valence-electron chi connectivity index (χ4n) is 1.50. The Bertz CT molecular complexity index is 485. The second-order valence-electron chi connectivity index (χ2n) is 4.48. The Morgan fingerprint density at radius 2 is 1.79 bits per heavy atom. The summed E-state index contributed by atoms with van der Waals surface area (Å²) in [6.07, 6.45) is -0.154. The molecule has 0 aliphatic heterocycles. The molecule has 0 saturated carbocycles. The van der Waals surface area contributed by atoms with Crippen molar-refractivity contribution in [3.8, 4) is 0 Å². The third-order valence-electron chi connectivity index (χ3n) is 3.09. The van der Waals surface area contributed by atoms with Crippen molar-refractivity contribution >= 4 is 10.0 Å². The lowest BCUT2D eigenvalue weighted by Gasteiger charge is -2.13. The number of hydrogen-bond acceptors (Lipinski definition) is 4. The number of methoxy groups -OCH3 is 1. The van der Waals surface area contributed by atoms with Crippen LogP contribution < -0.4 is 10.0 Å². The Morgan fingerprint density at radius 3 is 2.26 bits per heavy atom. The average molecular weight is 286 g/mol. The van der Waals surface area contributed by atoms with E-state index in [9.17, 15) is 8.42 Å². The van der Waals surface area contributed by atoms with Gasteiger partial charge >= 0.3 is 0 Å². The van der Waals surface area contributed by atoms with Gasteiger partial charge in [-0.15, -0.1) is 0 Å². The van der Waals surface area contributed by atoms with Crippen molar-refractivity contribution in [2.45, 2.75) is 30.9 Å². The lowest BCUT2D eigenvalue weighted by atomic mass is 10.1. The van der Waals surface area contributed by atoms with Crippen LogP contribution in [0, 0.1) is 0 Å². The third kappa shape index (κ3) is 4.58. The fourth-order valence-corrected chi connectivity index (χ4v) is 2.61. The standard InChI is InChI=1S/C13H22N2O3S/c1-10(18-4)9-15-19(16,17)13-7-5-12(6-8-13)11(2)14-3/h5-8,10-11,14-15H,9H2,1-4H3. The summed E-state index contributed by atoms with van der Waals surface area (Å²) in [6, 6.07) is 7.05. The molecule has 2 atom stereocenters. The third-order valence-corrected chi connectivity index (χ3v) is 4.53. The van der Waals surface area contributed by atoms with Crippen molar-refractivity contribution in [2.75, 3.05) is 20.7 Å². The minimum absolute atomic E-state index is 0.154. The predicted octanol–water partition coefficient (Wildman–Crippen LogP) is 1.28. The summed E-state index contributed by atoms with van der Waals surface area (Å²) in [5.74, 6) is 0. The van der Waals surface area contributed by atoms with Crippen LogP contribution in [0.2, 0.25) is 0 Å². The van der Waals surface area contributed by atoms with Gasteiger partial charge in [0.2, 0.25) is 10.0 Å². The van der Waals surface area contributed by atoms with E-state index in [2.05, 4.69) is 10.0 Å². The summed E-state index contributed by atoms with van der Waals surface area (Å²) in [6.45, 7) is 4.08. The minimum atomic E-state index is -3.47. The minimum Gasteiger partial charge on any atom is -0.380 e. The molecule has 0 bridgehead atoms. The smallest absolute Gasteiger partial charge is 0.240 e. The van der Waals surface area contributed by atoms with Gasteiger partial charge in [0, 0.05) is 19.7 Å². The van der Waals surface area contributed by atoms with Crippen molar-refractivity contribution in [3.63, 3.8) is 0 Å². The molecule has 2 N–H and O–H groups in total. The zero-order chi connectivity index (χ0) is 14.5. The second kappa shape index (κ2) is 7.00. The normalized spacial score (nSPS) is 15.2. The number of benzene rings is 1. The quantitative estimate of drug-likeness (QED) is 0.792. The summed E-state index contributed by atoms with van der Waals surface area (Å²) in [7, 11) is -0.0524. The van der Waals surface area contributed by atoms with Gasteiger partial charge in [0.15, 0.2) is 0 Å². The van der Waals surface area contributed by atoms with Crippen LogP contribution in [-0.4, -0.2) is 35.2 Å². The van der Waals surface area contributed by atoms with Gasteiger partial charge in [-0.25, -0.2) is 13.1 Å². The first-order valence-electron chi connectivity index (χ1n) is 6.20. The highest BCUT2D eigenvalue weighted by atomic mass is 32.2. The lowest BCUT2D eigenvalue weighted by molar-refractivity contribution is 0.122. The number of hydrogen-bond donors (Lipinski definition) is 2. The van der Waals surface area contributed by atoms with Crippen LogP contribution in [-0.2, 0) is 14.8 Å². The average Bonchev–Trinajstić information content (AvgIpc) is 2.44. The van der Waals surface area contributed by atoms with Crippen LogP contribution in [0.1, 0.15) is 25.5 Å². The lowest BCUT2D eigenvalue weighted by Crippen LogP contribution is -2.31. The van der Waals surface area contributed by atoms with Crippen molar-refractivity contribution in [1.82, 2.24) is 10.0 Å². The molecule has 1 rings (SSSR count). The van der Waals surface area contributed by atoms with E-state index in [1.54, 1.807) is 26.2 Å². The summed E-state index contributed by atoms with van der Waals surface area (Å²) >= 11 is 0. The van der Waals surface area contributed by atoms with E-state index in [0.717, 1.165) is 5.56 Å². The Balaban J connectivity index is 2.79. The van der Waals surface area contributed by atoms with Crippen LogP contribution in [0.5, 0.6) is 0 Å². The number of sulfonamides is 1. The molecule has 2 unspecified atom stereocenters. The SMILES string of the molecule is CNC(C)c1ccc(S(=O)(=O)NCC(C)OC)cc1. The van der Waals surface area contributed by atoms with E-state index in [0.29, 0.717) is 0 Å². The van der Waals surface area contributed by atoms with Gasteiger partial charge in [0.1, 0.15) is 0 Å². The first-order chi connectivity index (χ1) is 8.90. The van der Waals surface area contributed by atoms with E-state index in [4.69, 9.17) is 4.74 Å². The van der Waals surface area contributed by atoms with Crippen molar-refractivity contribution in [3.05, 3.63) is 29.8 Å². The molecule has 0 aliphatic rings. The van der Waals surface area contributed by atoms with Gasteiger partial charge in [-0.05, 0) is 38.6 Å². The molecule has 5 nitrogen and oxygen atoms in total. The maximum atomic E-state index is 12.0. The van der Waals surface area contributed by atoms with Gasteiger partial charge in [0.25, 0.3) is 0 Å². The van der Waals surface area contributed by atoms with E-state index in [1.807, 2.05) is 26.1 Å². The van der Waals surface area contributed by atoms with Gasteiger partial charge in [-0.2, -0.15) is 0 Å². The molecule has 108 valence electrons. The zero-order valence-corrected chi connectivity index (χ0v) is 12.6. The van der Waals surface area contributed by atoms with Gasteiger partial charge in [0.05, 0.1) is 11.0 Å². The van der Waals surface area contributed by atoms with Gasteiger partial charge in [-0.3, -0.25) is 0 Å². The number of rotatable bonds is 7. The van der Waals surface area contributed by atoms with E-state index in [-0.39, 0.29) is 23.6 Å². The molecule has 0 aliphatic carbocycles. The molecule has 0 spiro atoms. The van der Waals surface area contributed by atoms with Crippen molar-refractivity contribution < 1.29 is 13.2 Å². The molecule has 1 aromatic rings. The molecule has 0 aromatic heterocycles. The second-order valence-corrected chi connectivity index (χ2v) is 6.24. The van der Waals surface area contributed by atoms with Crippen LogP contribution in [0.15, 0.2) is 29.2 Å². The Morgan fingerprint density at radius 1 is 1.21 bits per heavy atom. The predicted molar refractivity (Wildman–Crippen MR) is 75.6 cm³/mol. The Labute approximate surface area is 115 Å². The Kier molecular flexibility index (Phi) is 5.93. The van der Waals surface area contributed by atoms with Crippen LogP contribution in [0.25, 0.3) is 0 Å². The summed E-state index contributed by atoms with van der Waals surface area (Å²) in [5.41, 5.74) is 1.05. The summed E-state index contributed by atoms with van der Waals surface area (Å²) in [5, 5.41) is 3.11. The Hall–Kier alpha value is -0.950. The summed E-state index contributed by atoms with van der Waals surface area (Å²) < 4.78 is 31.6. The molecular formula is C13H22N2O3S. The van der Waals surface area contributed by atoms with E-state index < -0.39 is 10.0 Å².